The number of para-hydroxylation sites is 1. The van der Waals surface area contributed by atoms with Gasteiger partial charge in [0.1, 0.15) is 5.75 Å². The molecule has 1 aliphatic heterocycles. The van der Waals surface area contributed by atoms with Crippen molar-refractivity contribution in [1.82, 2.24) is 24.6 Å². The normalized spacial score (nSPS) is 13.7. The van der Waals surface area contributed by atoms with E-state index in [0.717, 1.165) is 35.6 Å². The minimum Gasteiger partial charge on any atom is -0.508 e. The highest BCUT2D eigenvalue weighted by atomic mass is 32.2. The van der Waals surface area contributed by atoms with E-state index in [1.165, 1.54) is 11.8 Å². The third kappa shape index (κ3) is 5.00. The number of aryl methyl sites for hydroxylation is 1. The standard InChI is InChI=1S/C26H26N6O2S/c1-19-5-2-3-7-23(19)32-25(20-6-4-12-27-17-20)28-29-26(32)35-18-24(34)31-15-13-30(14-16-31)21-8-10-22(33)11-9-21/h2-12,17,33H,13-16,18H2,1H3. The van der Waals surface area contributed by atoms with Crippen LogP contribution in [-0.4, -0.2) is 67.6 Å². The number of hydrogen-bond acceptors (Lipinski definition) is 7. The SMILES string of the molecule is Cc1ccccc1-n1c(SCC(=O)N2CCN(c3ccc(O)cc3)CC2)nnc1-c1cccnc1. The number of anilines is 1. The van der Waals surface area contributed by atoms with E-state index in [1.54, 1.807) is 24.5 Å². The topological polar surface area (TPSA) is 87.4 Å². The van der Waals surface area contributed by atoms with Crippen LogP contribution in [0.25, 0.3) is 17.1 Å². The summed E-state index contributed by atoms with van der Waals surface area (Å²) in [5.41, 5.74) is 4.00. The van der Waals surface area contributed by atoms with Crippen LogP contribution < -0.4 is 4.90 Å². The van der Waals surface area contributed by atoms with Gasteiger partial charge >= 0.3 is 0 Å². The molecule has 1 amide bonds. The number of piperazine rings is 1. The highest BCUT2D eigenvalue weighted by Gasteiger charge is 2.23. The number of rotatable bonds is 6. The maximum atomic E-state index is 13.0. The molecule has 0 saturated carbocycles. The van der Waals surface area contributed by atoms with Gasteiger partial charge in [0.05, 0.1) is 11.4 Å². The molecular weight excluding hydrogens is 460 g/mol. The van der Waals surface area contributed by atoms with Crippen molar-refractivity contribution in [2.24, 2.45) is 0 Å². The van der Waals surface area contributed by atoms with Gasteiger partial charge in [-0.15, -0.1) is 10.2 Å². The van der Waals surface area contributed by atoms with E-state index in [9.17, 15) is 9.90 Å². The molecule has 0 atom stereocenters. The number of hydrogen-bond donors (Lipinski definition) is 1. The van der Waals surface area contributed by atoms with Crippen LogP contribution in [0.2, 0.25) is 0 Å². The summed E-state index contributed by atoms with van der Waals surface area (Å²) < 4.78 is 2.01. The maximum absolute atomic E-state index is 13.0. The zero-order valence-electron chi connectivity index (χ0n) is 19.4. The Bertz CT molecular complexity index is 1300. The molecule has 8 nitrogen and oxygen atoms in total. The molecule has 1 saturated heterocycles. The van der Waals surface area contributed by atoms with Crippen molar-refractivity contribution in [3.63, 3.8) is 0 Å². The Morgan fingerprint density at radius 1 is 0.971 bits per heavy atom. The van der Waals surface area contributed by atoms with Crippen LogP contribution in [0, 0.1) is 6.92 Å². The summed E-state index contributed by atoms with van der Waals surface area (Å²) in [6.45, 7) is 4.88. The van der Waals surface area contributed by atoms with Crippen molar-refractivity contribution in [2.45, 2.75) is 12.1 Å². The Kier molecular flexibility index (Phi) is 6.67. The summed E-state index contributed by atoms with van der Waals surface area (Å²) in [5, 5.41) is 19.1. The zero-order chi connectivity index (χ0) is 24.2. The van der Waals surface area contributed by atoms with Crippen LogP contribution >= 0.6 is 11.8 Å². The van der Waals surface area contributed by atoms with E-state index in [2.05, 4.69) is 33.1 Å². The van der Waals surface area contributed by atoms with Gasteiger partial charge in [0, 0.05) is 49.8 Å². The number of phenolic OH excluding ortho intramolecular Hbond substituents is 1. The second kappa shape index (κ2) is 10.2. The summed E-state index contributed by atoms with van der Waals surface area (Å²) >= 11 is 1.40. The lowest BCUT2D eigenvalue weighted by molar-refractivity contribution is -0.128. The molecule has 178 valence electrons. The molecule has 0 radical (unpaired) electrons. The summed E-state index contributed by atoms with van der Waals surface area (Å²) in [5.74, 6) is 1.33. The van der Waals surface area contributed by atoms with E-state index >= 15 is 0 Å². The molecule has 0 bridgehead atoms. The van der Waals surface area contributed by atoms with Crippen LogP contribution in [-0.2, 0) is 4.79 Å². The first-order valence-electron chi connectivity index (χ1n) is 11.5. The second-order valence-corrected chi connectivity index (χ2v) is 9.29. The molecule has 9 heteroatoms. The molecule has 5 rings (SSSR count). The smallest absolute Gasteiger partial charge is 0.233 e. The summed E-state index contributed by atoms with van der Waals surface area (Å²) in [7, 11) is 0. The van der Waals surface area contributed by atoms with Crippen molar-refractivity contribution < 1.29 is 9.90 Å². The van der Waals surface area contributed by atoms with E-state index in [0.29, 0.717) is 24.1 Å². The number of nitrogens with zero attached hydrogens (tertiary/aromatic N) is 6. The summed E-state index contributed by atoms with van der Waals surface area (Å²) in [6, 6.07) is 19.1. The lowest BCUT2D eigenvalue weighted by Gasteiger charge is -2.36. The van der Waals surface area contributed by atoms with Gasteiger partial charge in [0.2, 0.25) is 5.91 Å². The molecular formula is C26H26N6O2S. The number of pyridine rings is 1. The fourth-order valence-electron chi connectivity index (χ4n) is 4.17. The predicted octanol–water partition coefficient (Wildman–Crippen LogP) is 3.78. The number of carbonyl (C=O) groups is 1. The molecule has 2 aromatic heterocycles. The van der Waals surface area contributed by atoms with E-state index in [1.807, 2.05) is 51.9 Å². The highest BCUT2D eigenvalue weighted by Crippen LogP contribution is 2.29. The molecule has 2 aromatic carbocycles. The average Bonchev–Trinajstić information content (AvgIpc) is 3.32. The van der Waals surface area contributed by atoms with Crippen LogP contribution in [0.5, 0.6) is 5.75 Å². The lowest BCUT2D eigenvalue weighted by Crippen LogP contribution is -2.49. The first-order chi connectivity index (χ1) is 17.1. The van der Waals surface area contributed by atoms with Gasteiger partial charge in [-0.1, -0.05) is 30.0 Å². The Hall–Kier alpha value is -3.85. The van der Waals surface area contributed by atoms with Crippen molar-refractivity contribution in [2.75, 3.05) is 36.8 Å². The van der Waals surface area contributed by atoms with E-state index in [4.69, 9.17) is 0 Å². The Morgan fingerprint density at radius 3 is 2.46 bits per heavy atom. The van der Waals surface area contributed by atoms with Gasteiger partial charge in [-0.2, -0.15) is 0 Å². The second-order valence-electron chi connectivity index (χ2n) is 8.34. The lowest BCUT2D eigenvalue weighted by atomic mass is 10.2. The largest absolute Gasteiger partial charge is 0.508 e. The Morgan fingerprint density at radius 2 is 1.74 bits per heavy atom. The number of carbonyl (C=O) groups excluding carboxylic acids is 1. The van der Waals surface area contributed by atoms with Crippen LogP contribution in [0.1, 0.15) is 5.56 Å². The highest BCUT2D eigenvalue weighted by molar-refractivity contribution is 7.99. The molecule has 1 aliphatic rings. The van der Waals surface area contributed by atoms with E-state index in [-0.39, 0.29) is 17.4 Å². The van der Waals surface area contributed by atoms with Crippen molar-refractivity contribution >= 4 is 23.4 Å². The summed E-state index contributed by atoms with van der Waals surface area (Å²) in [6.07, 6.45) is 3.50. The fraction of sp³-hybridized carbons (Fsp3) is 0.231. The van der Waals surface area contributed by atoms with E-state index < -0.39 is 0 Å². The van der Waals surface area contributed by atoms with Crippen LogP contribution in [0.15, 0.2) is 78.2 Å². The van der Waals surface area contributed by atoms with Gasteiger partial charge < -0.3 is 14.9 Å². The quantitative estimate of drug-likeness (QED) is 0.415. The van der Waals surface area contributed by atoms with Crippen molar-refractivity contribution in [3.05, 3.63) is 78.6 Å². The molecule has 0 aliphatic carbocycles. The molecule has 4 aromatic rings. The zero-order valence-corrected chi connectivity index (χ0v) is 20.2. The molecule has 3 heterocycles. The fourth-order valence-corrected chi connectivity index (χ4v) is 5.02. The minimum absolute atomic E-state index is 0.0858. The number of aromatic nitrogens is 4. The number of thioether (sulfide) groups is 1. The van der Waals surface area contributed by atoms with Crippen LogP contribution in [0.4, 0.5) is 5.69 Å². The van der Waals surface area contributed by atoms with Gasteiger partial charge in [-0.05, 0) is 55.0 Å². The average molecular weight is 487 g/mol. The molecule has 35 heavy (non-hydrogen) atoms. The third-order valence-corrected chi connectivity index (χ3v) is 7.00. The van der Waals surface area contributed by atoms with Crippen molar-refractivity contribution in [3.8, 4) is 22.8 Å². The Labute approximate surface area is 208 Å². The molecule has 0 spiro atoms. The predicted molar refractivity (Wildman–Crippen MR) is 137 cm³/mol. The molecule has 0 unspecified atom stereocenters. The minimum atomic E-state index is 0.0858. The monoisotopic (exact) mass is 486 g/mol. The van der Waals surface area contributed by atoms with Gasteiger partial charge in [-0.25, -0.2) is 0 Å². The van der Waals surface area contributed by atoms with Gasteiger partial charge in [-0.3, -0.25) is 14.3 Å². The van der Waals surface area contributed by atoms with Crippen LogP contribution in [0.3, 0.4) is 0 Å². The Balaban J connectivity index is 1.29. The first-order valence-corrected chi connectivity index (χ1v) is 12.4. The molecule has 1 N–H and O–H groups in total. The van der Waals surface area contributed by atoms with Crippen molar-refractivity contribution in [1.29, 1.82) is 0 Å². The first kappa shape index (κ1) is 22.9. The number of amides is 1. The van der Waals surface area contributed by atoms with Gasteiger partial charge in [0.25, 0.3) is 0 Å². The number of aromatic hydroxyl groups is 1. The number of phenols is 1. The summed E-state index contributed by atoms with van der Waals surface area (Å²) in [4.78, 5) is 21.4. The number of benzene rings is 2. The third-order valence-electron chi connectivity index (χ3n) is 6.08. The molecule has 1 fully saturated rings. The maximum Gasteiger partial charge on any atom is 0.233 e. The van der Waals surface area contributed by atoms with Gasteiger partial charge in [0.15, 0.2) is 11.0 Å².